The monoisotopic (exact) mass is 384 g/mol. The summed E-state index contributed by atoms with van der Waals surface area (Å²) in [5.74, 6) is 1.87. The summed E-state index contributed by atoms with van der Waals surface area (Å²) in [6.45, 7) is 3.31. The molecule has 2 aromatic rings. The van der Waals surface area contributed by atoms with E-state index in [4.69, 9.17) is 14.7 Å². The molecule has 1 saturated carbocycles. The minimum absolute atomic E-state index is 0.129. The second-order valence-corrected chi connectivity index (χ2v) is 8.46. The van der Waals surface area contributed by atoms with Gasteiger partial charge in [-0.2, -0.15) is 11.8 Å². The predicted octanol–water partition coefficient (Wildman–Crippen LogP) is 4.15. The zero-order valence-electron chi connectivity index (χ0n) is 16.2. The lowest BCUT2D eigenvalue weighted by molar-refractivity contribution is 0.122. The highest BCUT2D eigenvalue weighted by Gasteiger charge is 2.37. The van der Waals surface area contributed by atoms with Crippen molar-refractivity contribution < 1.29 is 4.74 Å². The fourth-order valence-electron chi connectivity index (χ4n) is 4.05. The van der Waals surface area contributed by atoms with Crippen LogP contribution in [0.2, 0.25) is 0 Å². The van der Waals surface area contributed by atoms with E-state index in [1.54, 1.807) is 0 Å². The zero-order valence-corrected chi connectivity index (χ0v) is 17.0. The van der Waals surface area contributed by atoms with Crippen LogP contribution in [0.3, 0.4) is 0 Å². The summed E-state index contributed by atoms with van der Waals surface area (Å²) in [6, 6.07) is 10.6. The van der Waals surface area contributed by atoms with Gasteiger partial charge in [0, 0.05) is 37.5 Å². The van der Waals surface area contributed by atoms with Gasteiger partial charge in [0.25, 0.3) is 0 Å². The van der Waals surface area contributed by atoms with Crippen LogP contribution in [0.5, 0.6) is 0 Å². The molecule has 144 valence electrons. The van der Waals surface area contributed by atoms with Gasteiger partial charge in [-0.25, -0.2) is 9.97 Å². The molecule has 0 amide bonds. The standard InChI is InChI=1S/C21H28N4OS/c1-22-17-7-5-16(6-8-17)20-23-18(21(27-2)9-3-4-10-21)15-19(24-20)25-11-13-26-14-12-25/h5-8,15,22H,3-4,9-14H2,1-2H3. The molecule has 27 heavy (non-hydrogen) atoms. The lowest BCUT2D eigenvalue weighted by Crippen LogP contribution is -2.37. The van der Waals surface area contributed by atoms with Crippen molar-refractivity contribution in [3.8, 4) is 11.4 Å². The van der Waals surface area contributed by atoms with Crippen molar-refractivity contribution in [2.45, 2.75) is 30.4 Å². The molecule has 0 spiro atoms. The summed E-state index contributed by atoms with van der Waals surface area (Å²) in [4.78, 5) is 12.4. The Morgan fingerprint density at radius 3 is 2.41 bits per heavy atom. The maximum atomic E-state index is 5.54. The third-order valence-corrected chi connectivity index (χ3v) is 7.15. The van der Waals surface area contributed by atoms with Crippen LogP contribution < -0.4 is 10.2 Å². The SMILES string of the molecule is CNc1ccc(-c2nc(N3CCOCC3)cc(C3(SC)CCCC3)n2)cc1. The molecule has 0 atom stereocenters. The maximum absolute atomic E-state index is 5.54. The van der Waals surface area contributed by atoms with E-state index in [1.807, 2.05) is 18.8 Å². The van der Waals surface area contributed by atoms with Crippen LogP contribution in [0, 0.1) is 0 Å². The summed E-state index contributed by atoms with van der Waals surface area (Å²) in [7, 11) is 1.94. The van der Waals surface area contributed by atoms with Crippen molar-refractivity contribution in [2.75, 3.05) is 49.8 Å². The van der Waals surface area contributed by atoms with Crippen LogP contribution in [0.4, 0.5) is 11.5 Å². The summed E-state index contributed by atoms with van der Waals surface area (Å²) in [6.07, 6.45) is 7.19. The van der Waals surface area contributed by atoms with Gasteiger partial charge in [-0.1, -0.05) is 12.8 Å². The molecule has 0 radical (unpaired) electrons. The molecular formula is C21H28N4OS. The van der Waals surface area contributed by atoms with Crippen LogP contribution >= 0.6 is 11.8 Å². The molecule has 5 nitrogen and oxygen atoms in total. The number of nitrogens with one attached hydrogen (secondary N) is 1. The minimum Gasteiger partial charge on any atom is -0.388 e. The van der Waals surface area contributed by atoms with E-state index in [9.17, 15) is 0 Å². The number of morpholine rings is 1. The molecule has 1 aromatic carbocycles. The van der Waals surface area contributed by atoms with Crippen molar-refractivity contribution in [1.29, 1.82) is 0 Å². The van der Waals surface area contributed by atoms with Crippen molar-refractivity contribution >= 4 is 23.3 Å². The molecular weight excluding hydrogens is 356 g/mol. The Labute approximate surface area is 165 Å². The van der Waals surface area contributed by atoms with Gasteiger partial charge in [-0.3, -0.25) is 0 Å². The Kier molecular flexibility index (Phi) is 5.55. The predicted molar refractivity (Wildman–Crippen MR) is 114 cm³/mol. The highest BCUT2D eigenvalue weighted by atomic mass is 32.2. The molecule has 0 unspecified atom stereocenters. The minimum atomic E-state index is 0.129. The number of anilines is 2. The second-order valence-electron chi connectivity index (χ2n) is 7.27. The molecule has 1 aliphatic heterocycles. The van der Waals surface area contributed by atoms with Crippen molar-refractivity contribution in [2.24, 2.45) is 0 Å². The highest BCUT2D eigenvalue weighted by Crippen LogP contribution is 2.48. The first-order valence-electron chi connectivity index (χ1n) is 9.80. The number of hydrogen-bond donors (Lipinski definition) is 1. The van der Waals surface area contributed by atoms with E-state index in [0.29, 0.717) is 0 Å². The first kappa shape index (κ1) is 18.6. The lowest BCUT2D eigenvalue weighted by Gasteiger charge is -2.31. The summed E-state index contributed by atoms with van der Waals surface area (Å²) >= 11 is 1.95. The summed E-state index contributed by atoms with van der Waals surface area (Å²) in [5, 5.41) is 3.17. The van der Waals surface area contributed by atoms with Gasteiger partial charge in [-0.15, -0.1) is 0 Å². The third-order valence-electron chi connectivity index (χ3n) is 5.75. The summed E-state index contributed by atoms with van der Waals surface area (Å²) < 4.78 is 5.67. The van der Waals surface area contributed by atoms with Gasteiger partial charge in [-0.05, 0) is 43.4 Å². The fourth-order valence-corrected chi connectivity index (χ4v) is 5.06. The lowest BCUT2D eigenvalue weighted by atomic mass is 10.0. The van der Waals surface area contributed by atoms with Crippen LogP contribution in [0.1, 0.15) is 31.4 Å². The quantitative estimate of drug-likeness (QED) is 0.836. The van der Waals surface area contributed by atoms with Gasteiger partial charge in [0.05, 0.1) is 23.7 Å². The molecule has 6 heteroatoms. The second kappa shape index (κ2) is 8.07. The van der Waals surface area contributed by atoms with Gasteiger partial charge in [0.1, 0.15) is 5.82 Å². The van der Waals surface area contributed by atoms with E-state index < -0.39 is 0 Å². The van der Waals surface area contributed by atoms with E-state index in [2.05, 4.69) is 46.8 Å². The highest BCUT2D eigenvalue weighted by molar-refractivity contribution is 7.99. The van der Waals surface area contributed by atoms with Crippen molar-refractivity contribution in [3.05, 3.63) is 36.0 Å². The summed E-state index contributed by atoms with van der Waals surface area (Å²) in [5.41, 5.74) is 3.36. The molecule has 2 aliphatic rings. The van der Waals surface area contributed by atoms with Gasteiger partial charge < -0.3 is 15.0 Å². The number of aromatic nitrogens is 2. The zero-order chi connectivity index (χ0) is 18.7. The Bertz CT molecular complexity index is 768. The normalized spacial score (nSPS) is 19.3. The number of rotatable bonds is 5. The third kappa shape index (κ3) is 3.78. The first-order valence-corrected chi connectivity index (χ1v) is 11.0. The van der Waals surface area contributed by atoms with Crippen LogP contribution in [0.15, 0.2) is 30.3 Å². The topological polar surface area (TPSA) is 50.3 Å². The first-order chi connectivity index (χ1) is 13.2. The van der Waals surface area contributed by atoms with Gasteiger partial charge >= 0.3 is 0 Å². The molecule has 0 bridgehead atoms. The van der Waals surface area contributed by atoms with Crippen LogP contribution in [-0.4, -0.2) is 49.6 Å². The maximum Gasteiger partial charge on any atom is 0.161 e. The molecule has 1 saturated heterocycles. The average molecular weight is 385 g/mol. The largest absolute Gasteiger partial charge is 0.388 e. The Morgan fingerprint density at radius 1 is 1.07 bits per heavy atom. The van der Waals surface area contributed by atoms with Crippen LogP contribution in [-0.2, 0) is 9.48 Å². The fraction of sp³-hybridized carbons (Fsp3) is 0.524. The number of nitrogens with zero attached hydrogens (tertiary/aromatic N) is 3. The molecule has 2 fully saturated rings. The molecule has 1 aliphatic carbocycles. The average Bonchev–Trinajstić information content (AvgIpc) is 3.25. The number of hydrogen-bond acceptors (Lipinski definition) is 6. The van der Waals surface area contributed by atoms with Crippen molar-refractivity contribution in [1.82, 2.24) is 9.97 Å². The van der Waals surface area contributed by atoms with Gasteiger partial charge in [0.15, 0.2) is 5.82 Å². The van der Waals surface area contributed by atoms with E-state index in [0.717, 1.165) is 49.2 Å². The number of ether oxygens (including phenoxy) is 1. The van der Waals surface area contributed by atoms with E-state index in [1.165, 1.54) is 31.4 Å². The van der Waals surface area contributed by atoms with E-state index >= 15 is 0 Å². The number of benzene rings is 1. The Morgan fingerprint density at radius 2 is 1.78 bits per heavy atom. The van der Waals surface area contributed by atoms with E-state index in [-0.39, 0.29) is 4.75 Å². The number of thioether (sulfide) groups is 1. The molecule has 1 aromatic heterocycles. The molecule has 1 N–H and O–H groups in total. The van der Waals surface area contributed by atoms with Crippen LogP contribution in [0.25, 0.3) is 11.4 Å². The Hall–Kier alpha value is -1.79. The van der Waals surface area contributed by atoms with Crippen molar-refractivity contribution in [3.63, 3.8) is 0 Å². The smallest absolute Gasteiger partial charge is 0.161 e. The Balaban J connectivity index is 1.78. The molecule has 4 rings (SSSR count). The van der Waals surface area contributed by atoms with Gasteiger partial charge in [0.2, 0.25) is 0 Å². The molecule has 2 heterocycles.